The summed E-state index contributed by atoms with van der Waals surface area (Å²) in [5.41, 5.74) is 0.479. The first-order chi connectivity index (χ1) is 8.27. The molecule has 5 heteroatoms. The Morgan fingerprint density at radius 2 is 2.18 bits per heavy atom. The third-order valence-electron chi connectivity index (χ3n) is 2.68. The van der Waals surface area contributed by atoms with Gasteiger partial charge in [-0.2, -0.15) is 0 Å². The highest BCUT2D eigenvalue weighted by atomic mass is 16.5. The minimum Gasteiger partial charge on any atom is -0.460 e. The molecule has 0 unspecified atom stereocenters. The van der Waals surface area contributed by atoms with Crippen LogP contribution in [-0.2, 0) is 9.53 Å². The number of carbonyl (C=O) groups is 2. The number of carbonyl (C=O) groups excluding carboxylic acids is 2. The van der Waals surface area contributed by atoms with Crippen molar-refractivity contribution in [2.45, 2.75) is 12.8 Å². The first-order valence-electron chi connectivity index (χ1n) is 5.62. The Labute approximate surface area is 99.4 Å². The van der Waals surface area contributed by atoms with Crippen LogP contribution in [0.1, 0.15) is 23.2 Å². The zero-order valence-electron chi connectivity index (χ0n) is 9.46. The molecule has 0 spiro atoms. The Morgan fingerprint density at radius 3 is 2.82 bits per heavy atom. The number of pyridine rings is 1. The van der Waals surface area contributed by atoms with Crippen LogP contribution >= 0.6 is 0 Å². The molecule has 1 aromatic rings. The summed E-state index contributed by atoms with van der Waals surface area (Å²) in [5.74, 6) is -0.232. The van der Waals surface area contributed by atoms with E-state index in [9.17, 15) is 9.59 Å². The fourth-order valence-electron chi connectivity index (χ4n) is 1.76. The standard InChI is InChI=1S/C12H14N2O3/c15-11-2-1-7-14(11)8-9-17-12(16)10-3-5-13-6-4-10/h3-6H,1-2,7-9H2. The third kappa shape index (κ3) is 3.03. The largest absolute Gasteiger partial charge is 0.460 e. The molecule has 0 bridgehead atoms. The van der Waals surface area contributed by atoms with Crippen molar-refractivity contribution in [2.24, 2.45) is 0 Å². The second kappa shape index (κ2) is 5.43. The van der Waals surface area contributed by atoms with Gasteiger partial charge in [-0.25, -0.2) is 4.79 Å². The average Bonchev–Trinajstić information content (AvgIpc) is 2.76. The van der Waals surface area contributed by atoms with E-state index in [4.69, 9.17) is 4.74 Å². The maximum atomic E-state index is 11.5. The Morgan fingerprint density at radius 1 is 1.41 bits per heavy atom. The second-order valence-corrected chi connectivity index (χ2v) is 3.86. The Balaban J connectivity index is 1.75. The van der Waals surface area contributed by atoms with Gasteiger partial charge in [-0.15, -0.1) is 0 Å². The number of amides is 1. The molecule has 0 radical (unpaired) electrons. The summed E-state index contributed by atoms with van der Waals surface area (Å²) in [6.07, 6.45) is 4.59. The van der Waals surface area contributed by atoms with Crippen LogP contribution in [0.5, 0.6) is 0 Å². The number of nitrogens with zero attached hydrogens (tertiary/aromatic N) is 2. The van der Waals surface area contributed by atoms with E-state index in [1.54, 1.807) is 29.4 Å². The molecule has 1 fully saturated rings. The van der Waals surface area contributed by atoms with Crippen LogP contribution in [0.4, 0.5) is 0 Å². The van der Waals surface area contributed by atoms with Gasteiger partial charge in [0.05, 0.1) is 12.1 Å². The summed E-state index contributed by atoms with van der Waals surface area (Å²) < 4.78 is 5.08. The molecule has 5 nitrogen and oxygen atoms in total. The number of ether oxygens (including phenoxy) is 1. The molecule has 1 aliphatic rings. The van der Waals surface area contributed by atoms with Crippen molar-refractivity contribution in [1.29, 1.82) is 0 Å². The van der Waals surface area contributed by atoms with Gasteiger partial charge in [-0.1, -0.05) is 0 Å². The molecule has 2 heterocycles. The van der Waals surface area contributed by atoms with Gasteiger partial charge in [-0.3, -0.25) is 9.78 Å². The van der Waals surface area contributed by atoms with E-state index in [2.05, 4.69) is 4.98 Å². The summed E-state index contributed by atoms with van der Waals surface area (Å²) in [5, 5.41) is 0. The topological polar surface area (TPSA) is 59.5 Å². The molecule has 0 aliphatic carbocycles. The number of aromatic nitrogens is 1. The maximum Gasteiger partial charge on any atom is 0.338 e. The van der Waals surface area contributed by atoms with Crippen LogP contribution in [0.2, 0.25) is 0 Å². The highest BCUT2D eigenvalue weighted by molar-refractivity contribution is 5.89. The van der Waals surface area contributed by atoms with E-state index in [-0.39, 0.29) is 18.5 Å². The number of rotatable bonds is 4. The number of likely N-dealkylation sites (tertiary alicyclic amines) is 1. The highest BCUT2D eigenvalue weighted by Gasteiger charge is 2.19. The van der Waals surface area contributed by atoms with Gasteiger partial charge >= 0.3 is 5.97 Å². The second-order valence-electron chi connectivity index (χ2n) is 3.86. The first-order valence-corrected chi connectivity index (χ1v) is 5.62. The molecule has 1 aliphatic heterocycles. The molecule has 0 atom stereocenters. The summed E-state index contributed by atoms with van der Waals surface area (Å²) in [6, 6.07) is 3.20. The predicted molar refractivity (Wildman–Crippen MR) is 60.3 cm³/mol. The van der Waals surface area contributed by atoms with Gasteiger partial charge in [-0.05, 0) is 18.6 Å². The van der Waals surface area contributed by atoms with Gasteiger partial charge in [0.1, 0.15) is 6.61 Å². The minimum atomic E-state index is -0.376. The molecule has 17 heavy (non-hydrogen) atoms. The van der Waals surface area contributed by atoms with E-state index < -0.39 is 0 Å². The van der Waals surface area contributed by atoms with Crippen LogP contribution in [0, 0.1) is 0 Å². The van der Waals surface area contributed by atoms with Crippen LogP contribution < -0.4 is 0 Å². The normalized spacial score (nSPS) is 15.1. The number of hydrogen-bond acceptors (Lipinski definition) is 4. The van der Waals surface area contributed by atoms with Crippen molar-refractivity contribution in [3.05, 3.63) is 30.1 Å². The lowest BCUT2D eigenvalue weighted by atomic mass is 10.3. The summed E-state index contributed by atoms with van der Waals surface area (Å²) in [6.45, 7) is 1.49. The molecule has 0 aromatic carbocycles. The molecule has 90 valence electrons. The zero-order valence-corrected chi connectivity index (χ0v) is 9.46. The lowest BCUT2D eigenvalue weighted by molar-refractivity contribution is -0.128. The molecule has 1 amide bonds. The molecule has 0 saturated carbocycles. The van der Waals surface area contributed by atoms with Crippen molar-refractivity contribution in [2.75, 3.05) is 19.7 Å². The highest BCUT2D eigenvalue weighted by Crippen LogP contribution is 2.08. The Bertz CT molecular complexity index is 405. The van der Waals surface area contributed by atoms with Gasteiger partial charge in [0.15, 0.2) is 0 Å². The fourth-order valence-corrected chi connectivity index (χ4v) is 1.76. The monoisotopic (exact) mass is 234 g/mol. The molecule has 1 aromatic heterocycles. The van der Waals surface area contributed by atoms with Crippen LogP contribution in [0.15, 0.2) is 24.5 Å². The van der Waals surface area contributed by atoms with E-state index in [1.807, 2.05) is 0 Å². The van der Waals surface area contributed by atoms with E-state index in [1.165, 1.54) is 0 Å². The first kappa shape index (κ1) is 11.6. The Kier molecular flexibility index (Phi) is 3.69. The minimum absolute atomic E-state index is 0.143. The number of esters is 1. The van der Waals surface area contributed by atoms with Crippen molar-refractivity contribution < 1.29 is 14.3 Å². The van der Waals surface area contributed by atoms with E-state index in [0.717, 1.165) is 13.0 Å². The predicted octanol–water partition coefficient (Wildman–Crippen LogP) is 0.861. The van der Waals surface area contributed by atoms with Crippen molar-refractivity contribution in [3.8, 4) is 0 Å². The van der Waals surface area contributed by atoms with Crippen molar-refractivity contribution in [3.63, 3.8) is 0 Å². The average molecular weight is 234 g/mol. The van der Waals surface area contributed by atoms with Gasteiger partial charge in [0.2, 0.25) is 5.91 Å². The zero-order chi connectivity index (χ0) is 12.1. The summed E-state index contributed by atoms with van der Waals surface area (Å²) in [7, 11) is 0. The summed E-state index contributed by atoms with van der Waals surface area (Å²) in [4.78, 5) is 28.4. The van der Waals surface area contributed by atoms with Crippen molar-refractivity contribution >= 4 is 11.9 Å². The smallest absolute Gasteiger partial charge is 0.338 e. The molecular formula is C12H14N2O3. The SMILES string of the molecule is O=C(OCCN1CCCC1=O)c1ccncc1. The molecular weight excluding hydrogens is 220 g/mol. The van der Waals surface area contributed by atoms with Crippen LogP contribution in [0.25, 0.3) is 0 Å². The quantitative estimate of drug-likeness (QED) is 0.725. The molecule has 1 saturated heterocycles. The fraction of sp³-hybridized carbons (Fsp3) is 0.417. The number of hydrogen-bond donors (Lipinski definition) is 0. The lowest BCUT2D eigenvalue weighted by Gasteiger charge is -2.14. The van der Waals surface area contributed by atoms with Crippen molar-refractivity contribution in [1.82, 2.24) is 9.88 Å². The van der Waals surface area contributed by atoms with Gasteiger partial charge < -0.3 is 9.64 Å². The van der Waals surface area contributed by atoms with Gasteiger partial charge in [0, 0.05) is 25.4 Å². The summed E-state index contributed by atoms with van der Waals surface area (Å²) >= 11 is 0. The van der Waals surface area contributed by atoms with Crippen LogP contribution in [-0.4, -0.2) is 41.5 Å². The van der Waals surface area contributed by atoms with Gasteiger partial charge in [0.25, 0.3) is 0 Å². The molecule has 0 N–H and O–H groups in total. The third-order valence-corrected chi connectivity index (χ3v) is 2.68. The maximum absolute atomic E-state index is 11.5. The van der Waals surface area contributed by atoms with Crippen LogP contribution in [0.3, 0.4) is 0 Å². The lowest BCUT2D eigenvalue weighted by Crippen LogP contribution is -2.29. The molecule has 2 rings (SSSR count). The Hall–Kier alpha value is -1.91. The van der Waals surface area contributed by atoms with E-state index >= 15 is 0 Å². The van der Waals surface area contributed by atoms with E-state index in [0.29, 0.717) is 18.5 Å².